The highest BCUT2D eigenvalue weighted by molar-refractivity contribution is 5.90. The second kappa shape index (κ2) is 6.04. The van der Waals surface area contributed by atoms with Gasteiger partial charge in [0.25, 0.3) is 0 Å². The van der Waals surface area contributed by atoms with Crippen molar-refractivity contribution in [2.75, 3.05) is 11.9 Å². The number of aromatic amines is 1. The van der Waals surface area contributed by atoms with Gasteiger partial charge < -0.3 is 15.7 Å². The van der Waals surface area contributed by atoms with E-state index >= 15 is 0 Å². The van der Waals surface area contributed by atoms with Crippen LogP contribution >= 0.6 is 0 Å². The van der Waals surface area contributed by atoms with Crippen molar-refractivity contribution in [2.24, 2.45) is 5.92 Å². The van der Waals surface area contributed by atoms with Gasteiger partial charge in [-0.2, -0.15) is 5.10 Å². The summed E-state index contributed by atoms with van der Waals surface area (Å²) < 4.78 is 0. The average molecular weight is 254 g/mol. The number of aliphatic carboxylic acids is 1. The van der Waals surface area contributed by atoms with E-state index in [1.165, 1.54) is 0 Å². The van der Waals surface area contributed by atoms with Gasteiger partial charge in [0.15, 0.2) is 0 Å². The van der Waals surface area contributed by atoms with Gasteiger partial charge in [-0.15, -0.1) is 0 Å². The Labute approximate surface area is 105 Å². The molecule has 0 fully saturated rings. The highest BCUT2D eigenvalue weighted by atomic mass is 16.4. The summed E-state index contributed by atoms with van der Waals surface area (Å²) in [5.74, 6) is -0.981. The first-order valence-electron chi connectivity index (χ1n) is 5.68. The summed E-state index contributed by atoms with van der Waals surface area (Å²) in [5.41, 5.74) is 2.14. The lowest BCUT2D eigenvalue weighted by Gasteiger charge is -2.11. The number of H-pyrrole nitrogens is 1. The van der Waals surface area contributed by atoms with Crippen molar-refractivity contribution in [1.29, 1.82) is 0 Å². The number of hydrogen-bond acceptors (Lipinski definition) is 3. The van der Waals surface area contributed by atoms with Crippen molar-refractivity contribution in [3.63, 3.8) is 0 Å². The van der Waals surface area contributed by atoms with E-state index in [0.717, 1.165) is 5.69 Å². The Kier molecular flexibility index (Phi) is 4.70. The standard InChI is InChI=1S/C11H18N4O3/c1-6(4-9(16)17)5-12-11(18)13-10-7(2)14-15-8(10)3/h6H,4-5H2,1-3H3,(H,14,15)(H,16,17)(H2,12,13,18). The topological polar surface area (TPSA) is 107 Å². The number of nitrogens with one attached hydrogen (secondary N) is 3. The number of hydrogen-bond donors (Lipinski definition) is 4. The highest BCUT2D eigenvalue weighted by Gasteiger charge is 2.12. The second-order valence-corrected chi connectivity index (χ2v) is 4.35. The van der Waals surface area contributed by atoms with Gasteiger partial charge >= 0.3 is 12.0 Å². The molecule has 1 atom stereocenters. The number of carboxylic acids is 1. The first kappa shape index (κ1) is 14.0. The van der Waals surface area contributed by atoms with Crippen LogP contribution < -0.4 is 10.6 Å². The maximum Gasteiger partial charge on any atom is 0.319 e. The molecule has 0 spiro atoms. The van der Waals surface area contributed by atoms with Crippen LogP contribution in [-0.2, 0) is 4.79 Å². The third kappa shape index (κ3) is 4.08. The number of carbonyl (C=O) groups is 2. The van der Waals surface area contributed by atoms with E-state index in [-0.39, 0.29) is 18.4 Å². The number of rotatable bonds is 5. The number of amides is 2. The molecule has 0 aliphatic heterocycles. The van der Waals surface area contributed by atoms with Gasteiger partial charge in [0.2, 0.25) is 0 Å². The predicted molar refractivity (Wildman–Crippen MR) is 66.5 cm³/mol. The van der Waals surface area contributed by atoms with E-state index < -0.39 is 5.97 Å². The van der Waals surface area contributed by atoms with Crippen molar-refractivity contribution in [2.45, 2.75) is 27.2 Å². The number of anilines is 1. The molecule has 1 aromatic rings. The fraction of sp³-hybridized carbons (Fsp3) is 0.545. The van der Waals surface area contributed by atoms with Crippen LogP contribution in [0.25, 0.3) is 0 Å². The maximum absolute atomic E-state index is 11.6. The molecule has 2 amide bonds. The number of aromatic nitrogens is 2. The second-order valence-electron chi connectivity index (χ2n) is 4.35. The van der Waals surface area contributed by atoms with Crippen LogP contribution in [0.4, 0.5) is 10.5 Å². The van der Waals surface area contributed by atoms with Crippen molar-refractivity contribution >= 4 is 17.7 Å². The van der Waals surface area contributed by atoms with Crippen molar-refractivity contribution in [3.8, 4) is 0 Å². The molecule has 0 saturated heterocycles. The number of nitrogens with zero attached hydrogens (tertiary/aromatic N) is 1. The maximum atomic E-state index is 11.6. The van der Waals surface area contributed by atoms with Crippen LogP contribution in [0.1, 0.15) is 24.7 Å². The Morgan fingerprint density at radius 3 is 2.61 bits per heavy atom. The van der Waals surface area contributed by atoms with Gasteiger partial charge in [-0.05, 0) is 19.8 Å². The minimum atomic E-state index is -0.869. The minimum Gasteiger partial charge on any atom is -0.481 e. The van der Waals surface area contributed by atoms with Crippen molar-refractivity contribution in [1.82, 2.24) is 15.5 Å². The van der Waals surface area contributed by atoms with Gasteiger partial charge in [0.1, 0.15) is 0 Å². The summed E-state index contributed by atoms with van der Waals surface area (Å²) in [6.07, 6.45) is 0.0318. The quantitative estimate of drug-likeness (QED) is 0.634. The zero-order valence-corrected chi connectivity index (χ0v) is 10.7. The number of urea groups is 1. The number of carbonyl (C=O) groups excluding carboxylic acids is 1. The summed E-state index contributed by atoms with van der Waals surface area (Å²) in [6, 6.07) is -0.361. The lowest BCUT2D eigenvalue weighted by atomic mass is 10.1. The first-order valence-corrected chi connectivity index (χ1v) is 5.68. The molecule has 1 rings (SSSR count). The Morgan fingerprint density at radius 1 is 1.44 bits per heavy atom. The largest absolute Gasteiger partial charge is 0.481 e. The molecule has 0 aromatic carbocycles. The lowest BCUT2D eigenvalue weighted by Crippen LogP contribution is -2.33. The Hall–Kier alpha value is -2.05. The van der Waals surface area contributed by atoms with Crippen LogP contribution in [0.2, 0.25) is 0 Å². The summed E-state index contributed by atoms with van der Waals surface area (Å²) >= 11 is 0. The smallest absolute Gasteiger partial charge is 0.319 e. The van der Waals surface area contributed by atoms with Gasteiger partial charge in [-0.1, -0.05) is 6.92 Å². The third-order valence-electron chi connectivity index (χ3n) is 2.50. The number of carboxylic acid groups (broad SMARTS) is 1. The van der Waals surface area contributed by atoms with E-state index in [9.17, 15) is 9.59 Å². The molecule has 4 N–H and O–H groups in total. The van der Waals surface area contributed by atoms with Crippen molar-refractivity contribution < 1.29 is 14.7 Å². The first-order chi connectivity index (χ1) is 8.40. The zero-order valence-electron chi connectivity index (χ0n) is 10.7. The molecule has 0 aliphatic rings. The molecule has 100 valence electrons. The average Bonchev–Trinajstić information content (AvgIpc) is 2.57. The van der Waals surface area contributed by atoms with E-state index in [1.807, 2.05) is 6.92 Å². The van der Waals surface area contributed by atoms with Crippen LogP contribution in [0.3, 0.4) is 0 Å². The minimum absolute atomic E-state index is 0.0318. The molecule has 0 aliphatic carbocycles. The van der Waals surface area contributed by atoms with Gasteiger partial charge in [-0.25, -0.2) is 4.79 Å². The molecule has 7 nitrogen and oxygen atoms in total. The Morgan fingerprint density at radius 2 is 2.11 bits per heavy atom. The lowest BCUT2D eigenvalue weighted by molar-refractivity contribution is -0.137. The molecular weight excluding hydrogens is 236 g/mol. The van der Waals surface area contributed by atoms with E-state index in [1.54, 1.807) is 13.8 Å². The summed E-state index contributed by atoms with van der Waals surface area (Å²) in [5, 5.41) is 20.6. The summed E-state index contributed by atoms with van der Waals surface area (Å²) in [6.45, 7) is 5.67. The van der Waals surface area contributed by atoms with Gasteiger partial charge in [0, 0.05) is 13.0 Å². The Balaban J connectivity index is 2.41. The molecule has 0 bridgehead atoms. The SMILES string of the molecule is Cc1n[nH]c(C)c1NC(=O)NCC(C)CC(=O)O. The molecule has 18 heavy (non-hydrogen) atoms. The summed E-state index contributed by atoms with van der Waals surface area (Å²) in [4.78, 5) is 22.1. The molecule has 7 heteroatoms. The van der Waals surface area contributed by atoms with Gasteiger partial charge in [0.05, 0.1) is 17.1 Å². The normalized spacial score (nSPS) is 11.9. The van der Waals surface area contributed by atoms with Crippen LogP contribution in [0.5, 0.6) is 0 Å². The molecule has 1 unspecified atom stereocenters. The molecule has 0 radical (unpaired) electrons. The molecule has 1 heterocycles. The monoisotopic (exact) mass is 254 g/mol. The van der Waals surface area contributed by atoms with Crippen LogP contribution in [0.15, 0.2) is 0 Å². The highest BCUT2D eigenvalue weighted by Crippen LogP contribution is 2.15. The number of aryl methyl sites for hydroxylation is 2. The van der Waals surface area contributed by atoms with E-state index in [4.69, 9.17) is 5.11 Å². The Bertz CT molecular complexity index is 422. The summed E-state index contributed by atoms with van der Waals surface area (Å²) in [7, 11) is 0. The molecule has 1 aromatic heterocycles. The van der Waals surface area contributed by atoms with E-state index in [2.05, 4.69) is 20.8 Å². The van der Waals surface area contributed by atoms with Gasteiger partial charge in [-0.3, -0.25) is 9.89 Å². The van der Waals surface area contributed by atoms with Crippen LogP contribution in [-0.4, -0.2) is 33.8 Å². The van der Waals surface area contributed by atoms with Crippen LogP contribution in [0, 0.1) is 19.8 Å². The molecular formula is C11H18N4O3. The molecule has 0 saturated carbocycles. The van der Waals surface area contributed by atoms with E-state index in [0.29, 0.717) is 17.9 Å². The third-order valence-corrected chi connectivity index (χ3v) is 2.50. The zero-order chi connectivity index (χ0) is 13.7. The van der Waals surface area contributed by atoms with Crippen molar-refractivity contribution in [3.05, 3.63) is 11.4 Å². The predicted octanol–water partition coefficient (Wildman–Crippen LogP) is 1.26. The fourth-order valence-corrected chi connectivity index (χ4v) is 1.53. The fourth-order valence-electron chi connectivity index (χ4n) is 1.53.